The molecule has 0 aliphatic carbocycles. The fourth-order valence-corrected chi connectivity index (χ4v) is 2.80. The maximum Gasteiger partial charge on any atom is 0.0443 e. The first-order valence-electron chi connectivity index (χ1n) is 5.31. The minimum absolute atomic E-state index is 0.339. The van der Waals surface area contributed by atoms with Crippen LogP contribution in [-0.4, -0.2) is 61.3 Å². The monoisotopic (exact) mass is 184 g/mol. The van der Waals surface area contributed by atoms with Crippen molar-refractivity contribution in [2.75, 3.05) is 46.4 Å². The summed E-state index contributed by atoms with van der Waals surface area (Å²) in [5.74, 6) is 1.81. The predicted molar refractivity (Wildman–Crippen MR) is 52.6 cm³/mol. The van der Waals surface area contributed by atoms with Gasteiger partial charge in [0.2, 0.25) is 0 Å². The Morgan fingerprint density at radius 1 is 1.15 bits per heavy atom. The SMILES string of the molecule is CN1C[C@@H]2CN(CCCO)C[C@@H]2C1. The molecule has 0 unspecified atom stereocenters. The summed E-state index contributed by atoms with van der Waals surface area (Å²) >= 11 is 0. The van der Waals surface area contributed by atoms with Crippen molar-refractivity contribution in [3.8, 4) is 0 Å². The van der Waals surface area contributed by atoms with Gasteiger partial charge in [-0.2, -0.15) is 0 Å². The largest absolute Gasteiger partial charge is 0.396 e. The van der Waals surface area contributed by atoms with Crippen LogP contribution in [0.25, 0.3) is 0 Å². The molecule has 0 saturated carbocycles. The van der Waals surface area contributed by atoms with E-state index in [1.54, 1.807) is 0 Å². The number of aliphatic hydroxyl groups is 1. The molecule has 0 aromatic rings. The third-order valence-electron chi connectivity index (χ3n) is 3.38. The van der Waals surface area contributed by atoms with Crippen LogP contribution in [0.15, 0.2) is 0 Å². The van der Waals surface area contributed by atoms with Gasteiger partial charge in [-0.05, 0) is 25.3 Å². The van der Waals surface area contributed by atoms with E-state index in [0.717, 1.165) is 24.8 Å². The molecule has 0 amide bonds. The summed E-state index contributed by atoms with van der Waals surface area (Å²) in [5, 5.41) is 8.74. The zero-order valence-electron chi connectivity index (χ0n) is 8.45. The van der Waals surface area contributed by atoms with Crippen molar-refractivity contribution in [2.24, 2.45) is 11.8 Å². The molecule has 2 aliphatic heterocycles. The van der Waals surface area contributed by atoms with Crippen molar-refractivity contribution in [2.45, 2.75) is 6.42 Å². The molecule has 1 N–H and O–H groups in total. The van der Waals surface area contributed by atoms with Gasteiger partial charge in [-0.15, -0.1) is 0 Å². The summed E-state index contributed by atoms with van der Waals surface area (Å²) in [6.07, 6.45) is 0.940. The second-order valence-electron chi connectivity index (χ2n) is 4.58. The average Bonchev–Trinajstić information content (AvgIpc) is 2.57. The predicted octanol–water partition coefficient (Wildman–Crippen LogP) is -0.138. The first-order valence-corrected chi connectivity index (χ1v) is 5.31. The fraction of sp³-hybridized carbons (Fsp3) is 1.00. The lowest BCUT2D eigenvalue weighted by molar-refractivity contribution is 0.231. The highest BCUT2D eigenvalue weighted by Crippen LogP contribution is 2.29. The third-order valence-corrected chi connectivity index (χ3v) is 3.38. The van der Waals surface area contributed by atoms with Crippen LogP contribution in [0.5, 0.6) is 0 Å². The second-order valence-corrected chi connectivity index (χ2v) is 4.58. The van der Waals surface area contributed by atoms with Crippen LogP contribution in [0, 0.1) is 11.8 Å². The molecule has 3 heteroatoms. The molecule has 2 atom stereocenters. The topological polar surface area (TPSA) is 26.7 Å². The van der Waals surface area contributed by atoms with Gasteiger partial charge in [-0.3, -0.25) is 0 Å². The van der Waals surface area contributed by atoms with Gasteiger partial charge >= 0.3 is 0 Å². The van der Waals surface area contributed by atoms with E-state index in [1.807, 2.05) is 0 Å². The maximum atomic E-state index is 8.74. The summed E-state index contributed by atoms with van der Waals surface area (Å²) in [6.45, 7) is 6.50. The zero-order valence-corrected chi connectivity index (χ0v) is 8.45. The van der Waals surface area contributed by atoms with Crippen molar-refractivity contribution in [1.82, 2.24) is 9.80 Å². The Bertz CT molecular complexity index is 160. The molecule has 76 valence electrons. The van der Waals surface area contributed by atoms with E-state index in [1.165, 1.54) is 26.2 Å². The van der Waals surface area contributed by atoms with Crippen LogP contribution >= 0.6 is 0 Å². The summed E-state index contributed by atoms with van der Waals surface area (Å²) in [4.78, 5) is 4.96. The highest BCUT2D eigenvalue weighted by atomic mass is 16.3. The Morgan fingerprint density at radius 3 is 2.31 bits per heavy atom. The standard InChI is InChI=1S/C10H20N2O/c1-11-5-9-7-12(3-2-4-13)8-10(9)6-11/h9-10,13H,2-8H2,1H3/t9-,10+. The van der Waals surface area contributed by atoms with Crippen molar-refractivity contribution in [1.29, 1.82) is 0 Å². The first-order chi connectivity index (χ1) is 6.29. The molecule has 2 rings (SSSR count). The Labute approximate surface area is 80.3 Å². The summed E-state index contributed by atoms with van der Waals surface area (Å²) in [7, 11) is 2.22. The Balaban J connectivity index is 1.77. The lowest BCUT2D eigenvalue weighted by atomic mass is 10.0. The summed E-state index contributed by atoms with van der Waals surface area (Å²) in [5.41, 5.74) is 0. The number of likely N-dealkylation sites (tertiary alicyclic amines) is 2. The van der Waals surface area contributed by atoms with Crippen molar-refractivity contribution < 1.29 is 5.11 Å². The number of rotatable bonds is 3. The molecule has 0 bridgehead atoms. The highest BCUT2D eigenvalue weighted by Gasteiger charge is 2.37. The van der Waals surface area contributed by atoms with Crippen LogP contribution in [0.2, 0.25) is 0 Å². The first kappa shape index (κ1) is 9.44. The van der Waals surface area contributed by atoms with E-state index in [-0.39, 0.29) is 0 Å². The Hall–Kier alpha value is -0.120. The molecule has 2 aliphatic rings. The van der Waals surface area contributed by atoms with E-state index in [2.05, 4.69) is 16.8 Å². The molecule has 3 nitrogen and oxygen atoms in total. The molecule has 0 spiro atoms. The molecule has 13 heavy (non-hydrogen) atoms. The summed E-state index contributed by atoms with van der Waals surface area (Å²) in [6, 6.07) is 0. The van der Waals surface area contributed by atoms with Gasteiger partial charge < -0.3 is 14.9 Å². The average molecular weight is 184 g/mol. The quantitative estimate of drug-likeness (QED) is 0.661. The minimum atomic E-state index is 0.339. The molecule has 0 radical (unpaired) electrons. The fourth-order valence-electron chi connectivity index (χ4n) is 2.80. The van der Waals surface area contributed by atoms with Crippen molar-refractivity contribution in [3.63, 3.8) is 0 Å². The lowest BCUT2D eigenvalue weighted by Crippen LogP contribution is -2.28. The summed E-state index contributed by atoms with van der Waals surface area (Å²) < 4.78 is 0. The number of hydrogen-bond donors (Lipinski definition) is 1. The van der Waals surface area contributed by atoms with Gasteiger partial charge in [0.25, 0.3) is 0 Å². The molecule has 2 saturated heterocycles. The van der Waals surface area contributed by atoms with E-state index >= 15 is 0 Å². The molecule has 2 heterocycles. The van der Waals surface area contributed by atoms with Gasteiger partial charge in [-0.25, -0.2) is 0 Å². The van der Waals surface area contributed by atoms with E-state index in [9.17, 15) is 0 Å². The van der Waals surface area contributed by atoms with E-state index in [4.69, 9.17) is 5.11 Å². The smallest absolute Gasteiger partial charge is 0.0443 e. The van der Waals surface area contributed by atoms with Gasteiger partial charge in [0.15, 0.2) is 0 Å². The van der Waals surface area contributed by atoms with Crippen LogP contribution in [0.1, 0.15) is 6.42 Å². The molecule has 0 aromatic carbocycles. The molecule has 0 aromatic heterocycles. The Kier molecular flexibility index (Phi) is 2.86. The number of hydrogen-bond acceptors (Lipinski definition) is 3. The van der Waals surface area contributed by atoms with Gasteiger partial charge in [0, 0.05) is 39.3 Å². The molecular weight excluding hydrogens is 164 g/mol. The van der Waals surface area contributed by atoms with Crippen LogP contribution < -0.4 is 0 Å². The van der Waals surface area contributed by atoms with Gasteiger partial charge in [-0.1, -0.05) is 0 Å². The van der Waals surface area contributed by atoms with Crippen molar-refractivity contribution in [3.05, 3.63) is 0 Å². The lowest BCUT2D eigenvalue weighted by Gasteiger charge is -2.18. The number of nitrogens with zero attached hydrogens (tertiary/aromatic N) is 2. The van der Waals surface area contributed by atoms with E-state index in [0.29, 0.717) is 6.61 Å². The molecule has 2 fully saturated rings. The maximum absolute atomic E-state index is 8.74. The van der Waals surface area contributed by atoms with Gasteiger partial charge in [0.05, 0.1) is 0 Å². The van der Waals surface area contributed by atoms with Crippen LogP contribution in [0.3, 0.4) is 0 Å². The Morgan fingerprint density at radius 2 is 1.77 bits per heavy atom. The number of fused-ring (bicyclic) bond motifs is 1. The van der Waals surface area contributed by atoms with Crippen LogP contribution in [-0.2, 0) is 0 Å². The number of aliphatic hydroxyl groups excluding tert-OH is 1. The van der Waals surface area contributed by atoms with Crippen LogP contribution in [0.4, 0.5) is 0 Å². The normalized spacial score (nSPS) is 35.5. The second kappa shape index (κ2) is 3.95. The third kappa shape index (κ3) is 2.03. The van der Waals surface area contributed by atoms with E-state index < -0.39 is 0 Å². The van der Waals surface area contributed by atoms with Gasteiger partial charge in [0.1, 0.15) is 0 Å². The van der Waals surface area contributed by atoms with Crippen molar-refractivity contribution >= 4 is 0 Å². The zero-order chi connectivity index (χ0) is 9.26. The highest BCUT2D eigenvalue weighted by molar-refractivity contribution is 4.91. The molecular formula is C10H20N2O. The minimum Gasteiger partial charge on any atom is -0.396 e.